The van der Waals surface area contributed by atoms with Crippen LogP contribution in [0.15, 0.2) is 4.42 Å². The minimum atomic E-state index is 0.312. The molecule has 2 bridgehead atoms. The predicted molar refractivity (Wildman–Crippen MR) is 63.6 cm³/mol. The quantitative estimate of drug-likeness (QED) is 0.792. The molecule has 0 saturated carbocycles. The average Bonchev–Trinajstić information content (AvgIpc) is 2.86. The number of nitrogens with zero attached hydrogens (tertiary/aromatic N) is 4. The Morgan fingerprint density at radius 2 is 2.12 bits per heavy atom. The van der Waals surface area contributed by atoms with Gasteiger partial charge in [0, 0.05) is 25.2 Å². The van der Waals surface area contributed by atoms with E-state index in [0.717, 1.165) is 19.1 Å². The normalized spacial score (nSPS) is 29.6. The van der Waals surface area contributed by atoms with Gasteiger partial charge in [0.2, 0.25) is 5.89 Å². The number of aromatic nitrogens is 2. The van der Waals surface area contributed by atoms with E-state index in [9.17, 15) is 0 Å². The molecule has 0 amide bonds. The van der Waals surface area contributed by atoms with Crippen LogP contribution in [-0.2, 0) is 6.54 Å². The van der Waals surface area contributed by atoms with Gasteiger partial charge in [0.15, 0.2) is 0 Å². The molecule has 2 aliphatic heterocycles. The zero-order chi connectivity index (χ0) is 11.8. The smallest absolute Gasteiger partial charge is 0.318 e. The summed E-state index contributed by atoms with van der Waals surface area (Å²) in [5, 5.41) is 8.00. The molecule has 17 heavy (non-hydrogen) atoms. The molecular formula is C11H19N5O. The third-order valence-corrected chi connectivity index (χ3v) is 4.05. The van der Waals surface area contributed by atoms with Crippen molar-refractivity contribution in [2.75, 3.05) is 25.0 Å². The Bertz CT molecular complexity index is 393. The van der Waals surface area contributed by atoms with Crippen LogP contribution in [0, 0.1) is 0 Å². The summed E-state index contributed by atoms with van der Waals surface area (Å²) in [5.74, 6) is 0.516. The van der Waals surface area contributed by atoms with Gasteiger partial charge in [0.1, 0.15) is 0 Å². The number of rotatable bonds is 2. The fourth-order valence-corrected chi connectivity index (χ4v) is 2.94. The van der Waals surface area contributed by atoms with Crippen LogP contribution in [0.5, 0.6) is 0 Å². The molecule has 6 nitrogen and oxygen atoms in total. The van der Waals surface area contributed by atoms with Crippen molar-refractivity contribution in [3.8, 4) is 0 Å². The van der Waals surface area contributed by atoms with E-state index in [-0.39, 0.29) is 0 Å². The van der Waals surface area contributed by atoms with Gasteiger partial charge in [-0.1, -0.05) is 5.10 Å². The van der Waals surface area contributed by atoms with Crippen LogP contribution in [0.2, 0.25) is 0 Å². The van der Waals surface area contributed by atoms with E-state index in [4.69, 9.17) is 10.2 Å². The molecule has 2 saturated heterocycles. The van der Waals surface area contributed by atoms with Crippen molar-refractivity contribution in [2.24, 2.45) is 5.73 Å². The Kier molecular flexibility index (Phi) is 2.76. The summed E-state index contributed by atoms with van der Waals surface area (Å²) in [6.07, 6.45) is 3.77. The van der Waals surface area contributed by atoms with Crippen molar-refractivity contribution in [1.82, 2.24) is 15.1 Å². The minimum Gasteiger partial charge on any atom is -0.407 e. The predicted octanol–water partition coefficient (Wildman–Crippen LogP) is 0.201. The standard InChI is InChI=1S/C11H19N5O/c1-15-8-2-3-9(15)7-16(5-4-8)11-14-13-10(6-12)17-11/h8-9H,2-7,12H2,1H3. The number of anilines is 1. The molecule has 1 aromatic heterocycles. The van der Waals surface area contributed by atoms with Gasteiger partial charge in [-0.3, -0.25) is 4.90 Å². The van der Waals surface area contributed by atoms with Crippen LogP contribution in [-0.4, -0.2) is 47.3 Å². The van der Waals surface area contributed by atoms with E-state index in [1.165, 1.54) is 19.3 Å². The molecule has 2 atom stereocenters. The Morgan fingerprint density at radius 3 is 2.88 bits per heavy atom. The maximum absolute atomic E-state index is 5.53. The van der Waals surface area contributed by atoms with E-state index in [0.29, 0.717) is 24.5 Å². The van der Waals surface area contributed by atoms with Crippen molar-refractivity contribution in [3.05, 3.63) is 5.89 Å². The highest BCUT2D eigenvalue weighted by Crippen LogP contribution is 2.30. The number of fused-ring (bicyclic) bond motifs is 2. The molecule has 0 aliphatic carbocycles. The fraction of sp³-hybridized carbons (Fsp3) is 0.818. The van der Waals surface area contributed by atoms with E-state index >= 15 is 0 Å². The summed E-state index contributed by atoms with van der Waals surface area (Å²) in [6, 6.07) is 1.98. The van der Waals surface area contributed by atoms with Crippen molar-refractivity contribution in [3.63, 3.8) is 0 Å². The van der Waals surface area contributed by atoms with E-state index in [2.05, 4.69) is 27.0 Å². The maximum Gasteiger partial charge on any atom is 0.318 e. The molecular weight excluding hydrogens is 218 g/mol. The number of likely N-dealkylation sites (N-methyl/N-ethyl adjacent to an activating group) is 1. The van der Waals surface area contributed by atoms with Crippen LogP contribution in [0.1, 0.15) is 25.2 Å². The molecule has 3 heterocycles. The zero-order valence-corrected chi connectivity index (χ0v) is 10.2. The summed E-state index contributed by atoms with van der Waals surface area (Å²) in [6.45, 7) is 2.30. The van der Waals surface area contributed by atoms with Crippen LogP contribution in [0.4, 0.5) is 6.01 Å². The number of nitrogens with two attached hydrogens (primary N) is 1. The molecule has 6 heteroatoms. The minimum absolute atomic E-state index is 0.312. The monoisotopic (exact) mass is 237 g/mol. The molecule has 3 rings (SSSR count). The third kappa shape index (κ3) is 1.91. The summed E-state index contributed by atoms with van der Waals surface area (Å²) < 4.78 is 5.53. The molecule has 2 N–H and O–H groups in total. The molecule has 1 aromatic rings. The van der Waals surface area contributed by atoms with Gasteiger partial charge in [0.25, 0.3) is 0 Å². The SMILES string of the molecule is CN1C2CCC1CN(c1nnc(CN)o1)CC2. The third-order valence-electron chi connectivity index (χ3n) is 4.05. The Hall–Kier alpha value is -1.14. The second-order valence-corrected chi connectivity index (χ2v) is 4.97. The van der Waals surface area contributed by atoms with Crippen molar-refractivity contribution in [2.45, 2.75) is 37.9 Å². The van der Waals surface area contributed by atoms with Gasteiger partial charge in [-0.05, 0) is 26.3 Å². The van der Waals surface area contributed by atoms with Crippen LogP contribution < -0.4 is 10.6 Å². The molecule has 0 spiro atoms. The van der Waals surface area contributed by atoms with Gasteiger partial charge < -0.3 is 15.1 Å². The van der Waals surface area contributed by atoms with E-state index in [1.54, 1.807) is 0 Å². The lowest BCUT2D eigenvalue weighted by atomic mass is 10.1. The lowest BCUT2D eigenvalue weighted by Crippen LogP contribution is -2.36. The number of hydrogen-bond donors (Lipinski definition) is 1. The summed E-state index contributed by atoms with van der Waals surface area (Å²) >= 11 is 0. The lowest BCUT2D eigenvalue weighted by Gasteiger charge is -2.24. The highest BCUT2D eigenvalue weighted by atomic mass is 16.4. The summed E-state index contributed by atoms with van der Waals surface area (Å²) in [5.41, 5.74) is 5.48. The topological polar surface area (TPSA) is 71.4 Å². The number of hydrogen-bond acceptors (Lipinski definition) is 6. The van der Waals surface area contributed by atoms with Crippen LogP contribution in [0.25, 0.3) is 0 Å². The first-order chi connectivity index (χ1) is 8.28. The summed E-state index contributed by atoms with van der Waals surface area (Å²) in [4.78, 5) is 4.70. The van der Waals surface area contributed by atoms with Crippen molar-refractivity contribution >= 4 is 6.01 Å². The first kappa shape index (κ1) is 11.0. The lowest BCUT2D eigenvalue weighted by molar-refractivity contribution is 0.254. The molecule has 2 aliphatic rings. The average molecular weight is 237 g/mol. The fourth-order valence-electron chi connectivity index (χ4n) is 2.94. The molecule has 2 fully saturated rings. The Balaban J connectivity index is 1.76. The Morgan fingerprint density at radius 1 is 1.29 bits per heavy atom. The summed E-state index contributed by atoms with van der Waals surface area (Å²) in [7, 11) is 2.23. The van der Waals surface area contributed by atoms with Crippen LogP contribution >= 0.6 is 0 Å². The van der Waals surface area contributed by atoms with Crippen molar-refractivity contribution in [1.29, 1.82) is 0 Å². The van der Waals surface area contributed by atoms with Gasteiger partial charge >= 0.3 is 6.01 Å². The molecule has 2 unspecified atom stereocenters. The maximum atomic E-state index is 5.53. The van der Waals surface area contributed by atoms with E-state index < -0.39 is 0 Å². The first-order valence-electron chi connectivity index (χ1n) is 6.27. The van der Waals surface area contributed by atoms with E-state index in [1.807, 2.05) is 0 Å². The highest BCUT2D eigenvalue weighted by Gasteiger charge is 2.35. The zero-order valence-electron chi connectivity index (χ0n) is 10.2. The van der Waals surface area contributed by atoms with Gasteiger partial charge in [-0.15, -0.1) is 5.10 Å². The van der Waals surface area contributed by atoms with Crippen molar-refractivity contribution < 1.29 is 4.42 Å². The van der Waals surface area contributed by atoms with Crippen LogP contribution in [0.3, 0.4) is 0 Å². The van der Waals surface area contributed by atoms with Gasteiger partial charge in [-0.2, -0.15) is 0 Å². The largest absolute Gasteiger partial charge is 0.407 e. The first-order valence-corrected chi connectivity index (χ1v) is 6.27. The molecule has 94 valence electrons. The van der Waals surface area contributed by atoms with Gasteiger partial charge in [-0.25, -0.2) is 0 Å². The second-order valence-electron chi connectivity index (χ2n) is 4.97. The van der Waals surface area contributed by atoms with Gasteiger partial charge in [0.05, 0.1) is 6.54 Å². The Labute approximate surface area is 101 Å². The molecule has 0 radical (unpaired) electrons. The second kappa shape index (κ2) is 4.27. The highest BCUT2D eigenvalue weighted by molar-refractivity contribution is 5.26. The molecule has 0 aromatic carbocycles.